The molecule has 0 heterocycles. The summed E-state index contributed by atoms with van der Waals surface area (Å²) in [5.41, 5.74) is 0.326. The first-order valence-corrected chi connectivity index (χ1v) is 7.51. The molecule has 0 aromatic heterocycles. The summed E-state index contributed by atoms with van der Waals surface area (Å²) in [6.45, 7) is 2.18. The highest BCUT2D eigenvalue weighted by Crippen LogP contribution is 2.36. The number of nitro benzene ring substituents is 1. The highest BCUT2D eigenvalue weighted by atomic mass is 35.5. The molecule has 1 saturated carbocycles. The molecule has 2 rings (SSSR count). The second-order valence-corrected chi connectivity index (χ2v) is 6.17. The zero-order valence-electron chi connectivity index (χ0n) is 11.5. The van der Waals surface area contributed by atoms with Crippen molar-refractivity contribution in [2.75, 3.05) is 0 Å². The molecule has 0 bridgehead atoms. The van der Waals surface area contributed by atoms with Gasteiger partial charge in [0.05, 0.1) is 4.92 Å². The zero-order chi connectivity index (χ0) is 14.7. The Bertz CT molecular complexity index is 495. The molecular formula is C15H19ClFNO2. The van der Waals surface area contributed by atoms with Gasteiger partial charge in [0.25, 0.3) is 0 Å². The average molecular weight is 300 g/mol. The number of halogens is 2. The van der Waals surface area contributed by atoms with Crippen molar-refractivity contribution in [1.82, 2.24) is 0 Å². The Morgan fingerprint density at radius 1 is 1.45 bits per heavy atom. The second-order valence-electron chi connectivity index (χ2n) is 5.61. The number of nitrogens with zero attached hydrogens (tertiary/aromatic N) is 1. The van der Waals surface area contributed by atoms with E-state index < -0.39 is 16.4 Å². The van der Waals surface area contributed by atoms with E-state index in [2.05, 4.69) is 6.92 Å². The van der Waals surface area contributed by atoms with Gasteiger partial charge in [0, 0.05) is 11.4 Å². The monoisotopic (exact) mass is 299 g/mol. The first kappa shape index (κ1) is 15.2. The molecule has 0 radical (unpaired) electrons. The highest BCUT2D eigenvalue weighted by molar-refractivity contribution is 6.20. The molecule has 1 aromatic rings. The van der Waals surface area contributed by atoms with Crippen molar-refractivity contribution in [3.05, 3.63) is 39.7 Å². The number of rotatable bonds is 4. The molecular weight excluding hydrogens is 281 g/mol. The normalized spacial score (nSPS) is 26.4. The Morgan fingerprint density at radius 2 is 2.20 bits per heavy atom. The molecule has 0 amide bonds. The van der Waals surface area contributed by atoms with Crippen molar-refractivity contribution < 1.29 is 9.31 Å². The summed E-state index contributed by atoms with van der Waals surface area (Å²) in [6.07, 6.45) is 5.06. The van der Waals surface area contributed by atoms with Gasteiger partial charge in [0.15, 0.2) is 0 Å². The molecule has 0 aliphatic heterocycles. The maximum atomic E-state index is 13.6. The first-order valence-electron chi connectivity index (χ1n) is 7.08. The number of hydrogen-bond acceptors (Lipinski definition) is 2. The van der Waals surface area contributed by atoms with Gasteiger partial charge < -0.3 is 0 Å². The molecule has 0 spiro atoms. The lowest BCUT2D eigenvalue weighted by Gasteiger charge is -2.32. The molecule has 5 heteroatoms. The third kappa shape index (κ3) is 3.48. The smallest absolute Gasteiger partial charge is 0.258 e. The summed E-state index contributed by atoms with van der Waals surface area (Å²) in [4.78, 5) is 9.90. The molecule has 110 valence electrons. The van der Waals surface area contributed by atoms with Gasteiger partial charge in [0.2, 0.25) is 5.82 Å². The molecule has 3 nitrogen and oxygen atoms in total. The van der Waals surface area contributed by atoms with E-state index in [9.17, 15) is 14.5 Å². The van der Waals surface area contributed by atoms with E-state index >= 15 is 0 Å². The van der Waals surface area contributed by atoms with Gasteiger partial charge >= 0.3 is 5.69 Å². The molecule has 1 aliphatic rings. The van der Waals surface area contributed by atoms with Crippen LogP contribution in [0.4, 0.5) is 10.1 Å². The minimum Gasteiger partial charge on any atom is -0.258 e. The lowest BCUT2D eigenvalue weighted by molar-refractivity contribution is -0.387. The second kappa shape index (κ2) is 6.53. The maximum Gasteiger partial charge on any atom is 0.304 e. The van der Waals surface area contributed by atoms with Gasteiger partial charge in [-0.25, -0.2) is 0 Å². The number of benzene rings is 1. The van der Waals surface area contributed by atoms with E-state index in [0.717, 1.165) is 31.2 Å². The van der Waals surface area contributed by atoms with Gasteiger partial charge in [-0.2, -0.15) is 4.39 Å². The summed E-state index contributed by atoms with van der Waals surface area (Å²) in [6, 6.07) is 4.16. The minimum absolute atomic E-state index is 0.121. The Hall–Kier alpha value is -1.16. The first-order chi connectivity index (χ1) is 9.51. The van der Waals surface area contributed by atoms with Crippen LogP contribution in [-0.4, -0.2) is 10.3 Å². The van der Waals surface area contributed by atoms with Gasteiger partial charge in [-0.3, -0.25) is 10.1 Å². The Labute approximate surface area is 123 Å². The van der Waals surface area contributed by atoms with Crippen LogP contribution in [0.15, 0.2) is 18.2 Å². The molecule has 0 saturated heterocycles. The zero-order valence-corrected chi connectivity index (χ0v) is 12.3. The van der Waals surface area contributed by atoms with E-state index in [-0.39, 0.29) is 5.38 Å². The van der Waals surface area contributed by atoms with E-state index in [1.165, 1.54) is 12.1 Å². The van der Waals surface area contributed by atoms with Crippen LogP contribution in [0.25, 0.3) is 0 Å². The van der Waals surface area contributed by atoms with Crippen LogP contribution >= 0.6 is 11.6 Å². The van der Waals surface area contributed by atoms with Gasteiger partial charge in [-0.15, -0.1) is 11.6 Å². The van der Waals surface area contributed by atoms with Crippen molar-refractivity contribution in [2.24, 2.45) is 11.8 Å². The van der Waals surface area contributed by atoms with Gasteiger partial charge in [0.1, 0.15) is 0 Å². The molecule has 1 aliphatic carbocycles. The average Bonchev–Trinajstić information content (AvgIpc) is 2.41. The summed E-state index contributed by atoms with van der Waals surface area (Å²) in [7, 11) is 0. The summed E-state index contributed by atoms with van der Waals surface area (Å²) >= 11 is 6.37. The SMILES string of the molecule is CCC1CCC(Cl)C(Cc2ccc([N+](=O)[O-])c(F)c2)C1. The maximum absolute atomic E-state index is 13.6. The van der Waals surface area contributed by atoms with Gasteiger partial charge in [-0.05, 0) is 49.1 Å². The fourth-order valence-corrected chi connectivity index (χ4v) is 3.35. The molecule has 1 aromatic carbocycles. The Kier molecular flexibility index (Phi) is 4.97. The number of nitro groups is 1. The summed E-state index contributed by atoms with van der Waals surface area (Å²) in [5, 5.41) is 10.7. The van der Waals surface area contributed by atoms with E-state index in [4.69, 9.17) is 11.6 Å². The fraction of sp³-hybridized carbons (Fsp3) is 0.600. The van der Waals surface area contributed by atoms with Crippen molar-refractivity contribution >= 4 is 17.3 Å². The predicted molar refractivity (Wildman–Crippen MR) is 77.5 cm³/mol. The minimum atomic E-state index is -0.763. The van der Waals surface area contributed by atoms with Gasteiger partial charge in [-0.1, -0.05) is 19.4 Å². The molecule has 20 heavy (non-hydrogen) atoms. The van der Waals surface area contributed by atoms with Crippen LogP contribution in [0.1, 0.15) is 38.2 Å². The van der Waals surface area contributed by atoms with Crippen LogP contribution in [0.2, 0.25) is 0 Å². The van der Waals surface area contributed by atoms with Crippen LogP contribution < -0.4 is 0 Å². The third-order valence-electron chi connectivity index (χ3n) is 4.28. The summed E-state index contributed by atoms with van der Waals surface area (Å²) in [5.74, 6) is 0.260. The predicted octanol–water partition coefficient (Wildman–Crippen LogP) is 4.71. The van der Waals surface area contributed by atoms with Crippen molar-refractivity contribution in [3.63, 3.8) is 0 Å². The Morgan fingerprint density at radius 3 is 2.80 bits per heavy atom. The lowest BCUT2D eigenvalue weighted by atomic mass is 9.77. The van der Waals surface area contributed by atoms with Crippen molar-refractivity contribution in [2.45, 2.75) is 44.4 Å². The van der Waals surface area contributed by atoms with E-state index in [1.54, 1.807) is 6.07 Å². The molecule has 0 N–H and O–H groups in total. The van der Waals surface area contributed by atoms with E-state index in [1.807, 2.05) is 0 Å². The quantitative estimate of drug-likeness (QED) is 0.459. The van der Waals surface area contributed by atoms with Crippen molar-refractivity contribution in [1.29, 1.82) is 0 Å². The number of alkyl halides is 1. The topological polar surface area (TPSA) is 43.1 Å². The third-order valence-corrected chi connectivity index (χ3v) is 4.86. The largest absolute Gasteiger partial charge is 0.304 e. The molecule has 3 unspecified atom stereocenters. The van der Waals surface area contributed by atoms with E-state index in [0.29, 0.717) is 18.3 Å². The van der Waals surface area contributed by atoms with Crippen LogP contribution in [-0.2, 0) is 6.42 Å². The number of hydrogen-bond donors (Lipinski definition) is 0. The lowest BCUT2D eigenvalue weighted by Crippen LogP contribution is -2.26. The fourth-order valence-electron chi connectivity index (χ4n) is 3.03. The van der Waals surface area contributed by atoms with Crippen LogP contribution in [0.3, 0.4) is 0 Å². The molecule has 1 fully saturated rings. The van der Waals surface area contributed by atoms with Crippen molar-refractivity contribution in [3.8, 4) is 0 Å². The van der Waals surface area contributed by atoms with Crippen LogP contribution in [0.5, 0.6) is 0 Å². The van der Waals surface area contributed by atoms with Crippen LogP contribution in [0, 0.1) is 27.8 Å². The standard InChI is InChI=1S/C15H19ClFNO2/c1-2-10-3-5-13(16)12(7-10)8-11-4-6-15(18(19)20)14(17)9-11/h4,6,9-10,12-13H,2-3,5,7-8H2,1H3. The highest BCUT2D eigenvalue weighted by Gasteiger charge is 2.28. The molecule has 3 atom stereocenters. The summed E-state index contributed by atoms with van der Waals surface area (Å²) < 4.78 is 13.6. The Balaban J connectivity index is 2.09.